The molecule has 0 amide bonds. The van der Waals surface area contributed by atoms with E-state index in [1.165, 1.54) is 385 Å². The van der Waals surface area contributed by atoms with Gasteiger partial charge in [-0.3, -0.25) is 9.59 Å². The Bertz CT molecular complexity index is 1910. The largest absolute Gasteiger partial charge is 0.490 e. The van der Waals surface area contributed by atoms with E-state index in [0.717, 1.165) is 72.6 Å². The molecule has 0 atom stereocenters. The minimum absolute atomic E-state index is 0.195. The number of rotatable bonds is 78. The molecule has 2 aromatic carbocycles. The third kappa shape index (κ3) is 59.8. The summed E-state index contributed by atoms with van der Waals surface area (Å²) < 4.78 is 25.7. The van der Waals surface area contributed by atoms with Crippen molar-refractivity contribution in [2.45, 2.75) is 445 Å². The highest BCUT2D eigenvalue weighted by Crippen LogP contribution is 2.32. The molecule has 0 aliphatic carbocycles. The molecule has 2 rings (SSSR count). The Balaban J connectivity index is 1.91. The van der Waals surface area contributed by atoms with Gasteiger partial charge in [0, 0.05) is 0 Å². The van der Waals surface area contributed by atoms with E-state index in [4.69, 9.17) is 18.9 Å². The second-order valence-corrected chi connectivity index (χ2v) is 29.8. The molecule has 0 N–H and O–H groups in total. The average molecular weight is 1350 g/mol. The van der Waals surface area contributed by atoms with Crippen molar-refractivity contribution in [2.24, 2.45) is 0 Å². The van der Waals surface area contributed by atoms with Crippen LogP contribution in [0.3, 0.4) is 0 Å². The molecule has 0 radical (unpaired) electrons. The van der Waals surface area contributed by atoms with E-state index in [0.29, 0.717) is 26.4 Å². The Hall–Kier alpha value is -3.54. The van der Waals surface area contributed by atoms with Crippen LogP contribution in [0.1, 0.15) is 456 Å². The molecular formula is C91H160O6. The van der Waals surface area contributed by atoms with Gasteiger partial charge in [0.1, 0.15) is 0 Å². The van der Waals surface area contributed by atoms with Crippen molar-refractivity contribution in [3.8, 4) is 23.0 Å². The topological polar surface area (TPSA) is 71.1 Å². The van der Waals surface area contributed by atoms with Gasteiger partial charge in [-0.15, -0.1) is 0 Å². The highest BCUT2D eigenvalue weighted by Gasteiger charge is 2.12. The number of unbranched alkanes of at least 4 members (excludes halogenated alkanes) is 60. The van der Waals surface area contributed by atoms with Crippen molar-refractivity contribution in [3.05, 3.63) is 59.7 Å². The van der Waals surface area contributed by atoms with E-state index in [1.807, 2.05) is 48.6 Å². The Morgan fingerprint density at radius 1 is 0.227 bits per heavy atom. The molecule has 0 heterocycles. The van der Waals surface area contributed by atoms with Crippen LogP contribution in [0, 0.1) is 0 Å². The molecule has 0 aliphatic rings. The van der Waals surface area contributed by atoms with Gasteiger partial charge in [0.25, 0.3) is 0 Å². The lowest BCUT2D eigenvalue weighted by atomic mass is 10.0. The molecule has 0 unspecified atom stereocenters. The number of carbonyl (C=O) groups excluding carboxylic acids is 2. The Morgan fingerprint density at radius 2 is 0.392 bits per heavy atom. The van der Waals surface area contributed by atoms with Gasteiger partial charge in [-0.2, -0.15) is 0 Å². The summed E-state index contributed by atoms with van der Waals surface area (Å²) in [5.41, 5.74) is 1.72. The molecule has 2 aromatic rings. The minimum atomic E-state index is -0.227. The standard InChI is InChI=1S/C91H160O6/c1-5-9-13-17-21-25-29-33-37-41-45-49-53-57-61-65-77-94-88-75-71-84(81-90(88)96-79-67-63-59-55-51-47-43-39-35-31-27-23-19-15-11-7-3)69-73-86(92)83-87(93)74-70-85-72-76-89(95-78-66-62-58-54-50-46-42-38-34-30-26-22-18-14-10-6-2)91(82-85)97-80-68-64-60-56-52-48-44-40-36-32-28-24-20-16-12-8-4/h69-76,81-82H,5-68,77-80,83H2,1-4H3/b73-69+,74-70+. The monoisotopic (exact) mass is 1350 g/mol. The van der Waals surface area contributed by atoms with Crippen LogP contribution in [0.2, 0.25) is 0 Å². The summed E-state index contributed by atoms with van der Waals surface area (Å²) in [6.45, 7) is 11.8. The second kappa shape index (κ2) is 72.3. The van der Waals surface area contributed by atoms with Gasteiger partial charge in [-0.25, -0.2) is 0 Å². The van der Waals surface area contributed by atoms with Crippen LogP contribution in [-0.4, -0.2) is 38.0 Å². The summed E-state index contributed by atoms with van der Waals surface area (Å²) in [4.78, 5) is 26.6. The van der Waals surface area contributed by atoms with Crippen molar-refractivity contribution in [1.29, 1.82) is 0 Å². The minimum Gasteiger partial charge on any atom is -0.490 e. The summed E-state index contributed by atoms with van der Waals surface area (Å²) in [5.74, 6) is 2.55. The zero-order valence-electron chi connectivity index (χ0n) is 65.0. The van der Waals surface area contributed by atoms with Gasteiger partial charge < -0.3 is 18.9 Å². The lowest BCUT2D eigenvalue weighted by Crippen LogP contribution is -2.04. The van der Waals surface area contributed by atoms with Crippen LogP contribution in [0.4, 0.5) is 0 Å². The Morgan fingerprint density at radius 3 is 0.577 bits per heavy atom. The molecule has 6 nitrogen and oxygen atoms in total. The van der Waals surface area contributed by atoms with Crippen molar-refractivity contribution < 1.29 is 28.5 Å². The summed E-state index contributed by atoms with van der Waals surface area (Å²) in [6.07, 6.45) is 92.5. The fourth-order valence-electron chi connectivity index (χ4n) is 13.7. The summed E-state index contributed by atoms with van der Waals surface area (Å²) in [6, 6.07) is 12.0. The van der Waals surface area contributed by atoms with E-state index in [9.17, 15) is 9.59 Å². The third-order valence-corrected chi connectivity index (χ3v) is 20.2. The van der Waals surface area contributed by atoms with Crippen LogP contribution in [0.5, 0.6) is 23.0 Å². The quantitative estimate of drug-likeness (QED) is 0.0373. The van der Waals surface area contributed by atoms with Gasteiger partial charge >= 0.3 is 0 Å². The molecule has 0 aromatic heterocycles. The predicted molar refractivity (Wildman–Crippen MR) is 426 cm³/mol. The van der Waals surface area contributed by atoms with Gasteiger partial charge in [-0.1, -0.05) is 437 Å². The van der Waals surface area contributed by atoms with Crippen LogP contribution in [-0.2, 0) is 9.59 Å². The van der Waals surface area contributed by atoms with Gasteiger partial charge in [-0.05, 0) is 73.2 Å². The zero-order chi connectivity index (χ0) is 69.3. The van der Waals surface area contributed by atoms with E-state index in [-0.39, 0.29) is 18.0 Å². The summed E-state index contributed by atoms with van der Waals surface area (Å²) in [5, 5.41) is 0. The van der Waals surface area contributed by atoms with E-state index in [2.05, 4.69) is 27.7 Å². The predicted octanol–water partition coefficient (Wildman–Crippen LogP) is 30.5. The van der Waals surface area contributed by atoms with Gasteiger partial charge in [0.15, 0.2) is 34.6 Å². The van der Waals surface area contributed by atoms with Crippen molar-refractivity contribution in [3.63, 3.8) is 0 Å². The lowest BCUT2D eigenvalue weighted by Gasteiger charge is -2.14. The fraction of sp³-hybridized carbons (Fsp3) is 0.802. The van der Waals surface area contributed by atoms with Gasteiger partial charge in [0.05, 0.1) is 32.8 Å². The van der Waals surface area contributed by atoms with E-state index >= 15 is 0 Å². The number of allylic oxidation sites excluding steroid dienone is 2. The number of ether oxygens (including phenoxy) is 4. The Labute approximate surface area is 603 Å². The summed E-state index contributed by atoms with van der Waals surface area (Å²) >= 11 is 0. The van der Waals surface area contributed by atoms with Crippen LogP contribution in [0.15, 0.2) is 48.6 Å². The molecule has 0 fully saturated rings. The van der Waals surface area contributed by atoms with E-state index < -0.39 is 0 Å². The fourth-order valence-corrected chi connectivity index (χ4v) is 13.7. The number of hydrogen-bond donors (Lipinski definition) is 0. The highest BCUT2D eigenvalue weighted by atomic mass is 16.5. The summed E-state index contributed by atoms with van der Waals surface area (Å²) in [7, 11) is 0. The highest BCUT2D eigenvalue weighted by molar-refractivity contribution is 6.10. The smallest absolute Gasteiger partial charge is 0.163 e. The first kappa shape index (κ1) is 89.5. The average Bonchev–Trinajstić information content (AvgIpc) is 1.16. The molecule has 0 spiro atoms. The molecule has 0 saturated carbocycles. The van der Waals surface area contributed by atoms with E-state index in [1.54, 1.807) is 0 Å². The van der Waals surface area contributed by atoms with Crippen molar-refractivity contribution in [1.82, 2.24) is 0 Å². The first-order chi connectivity index (χ1) is 48.0. The maximum absolute atomic E-state index is 13.3. The second-order valence-electron chi connectivity index (χ2n) is 29.8. The molecule has 6 heteroatoms. The van der Waals surface area contributed by atoms with Crippen LogP contribution < -0.4 is 18.9 Å². The first-order valence-corrected chi connectivity index (χ1v) is 43.2. The maximum Gasteiger partial charge on any atom is 0.163 e. The maximum atomic E-state index is 13.3. The SMILES string of the molecule is CCCCCCCCCCCCCCCCCCOc1ccc(/C=C/C(=O)CC(=O)/C=C/c2ccc(OCCCCCCCCCCCCCCCCCC)c(OCCCCCCCCCCCCCCCCCC)c2)cc1OCCCCCCCCCCCCCCCCCC. The van der Waals surface area contributed by atoms with Crippen molar-refractivity contribution in [2.75, 3.05) is 26.4 Å². The van der Waals surface area contributed by atoms with Crippen LogP contribution >= 0.6 is 0 Å². The molecular weight excluding hydrogens is 1190 g/mol. The molecule has 97 heavy (non-hydrogen) atoms. The lowest BCUT2D eigenvalue weighted by molar-refractivity contribution is -0.121. The number of ketones is 2. The third-order valence-electron chi connectivity index (χ3n) is 20.2. The molecule has 0 saturated heterocycles. The first-order valence-electron chi connectivity index (χ1n) is 43.2. The normalized spacial score (nSPS) is 11.7. The number of hydrogen-bond acceptors (Lipinski definition) is 6. The van der Waals surface area contributed by atoms with Crippen LogP contribution in [0.25, 0.3) is 12.2 Å². The molecule has 0 bridgehead atoms. The Kier molecular flexibility index (Phi) is 66.7. The van der Waals surface area contributed by atoms with Gasteiger partial charge in [0.2, 0.25) is 0 Å². The number of benzene rings is 2. The zero-order valence-corrected chi connectivity index (χ0v) is 65.0. The van der Waals surface area contributed by atoms with Crippen molar-refractivity contribution >= 4 is 23.7 Å². The number of carbonyl (C=O) groups is 2. The molecule has 0 aliphatic heterocycles. The molecule has 560 valence electrons.